The van der Waals surface area contributed by atoms with Crippen molar-refractivity contribution in [2.75, 3.05) is 0 Å². The van der Waals surface area contributed by atoms with E-state index in [0.717, 1.165) is 10.8 Å². The molecule has 4 nitrogen and oxygen atoms in total. The van der Waals surface area contributed by atoms with Crippen LogP contribution in [0.2, 0.25) is 0 Å². The van der Waals surface area contributed by atoms with Crippen molar-refractivity contribution in [2.45, 2.75) is 19.9 Å². The Morgan fingerprint density at radius 1 is 1.64 bits per heavy atom. The van der Waals surface area contributed by atoms with Gasteiger partial charge >= 0.3 is 0 Å². The van der Waals surface area contributed by atoms with Crippen molar-refractivity contribution in [3.63, 3.8) is 0 Å². The molecule has 0 saturated carbocycles. The van der Waals surface area contributed by atoms with Crippen LogP contribution >= 0.6 is 0 Å². The van der Waals surface area contributed by atoms with Gasteiger partial charge in [-0.25, -0.2) is 4.74 Å². The Bertz CT molecular complexity index is 326. The third kappa shape index (κ3) is 2.45. The van der Waals surface area contributed by atoms with Gasteiger partial charge in [-0.2, -0.15) is 0 Å². The summed E-state index contributed by atoms with van der Waals surface area (Å²) in [6.45, 7) is 3.49. The molecule has 0 bridgehead atoms. The summed E-state index contributed by atoms with van der Waals surface area (Å²) in [4.78, 5) is 11.3. The average molecular weight is 195 g/mol. The molecule has 0 heterocycles. The summed E-state index contributed by atoms with van der Waals surface area (Å²) in [6, 6.07) is -0.185. The Kier molecular flexibility index (Phi) is 3.06. The van der Waals surface area contributed by atoms with Crippen LogP contribution in [0.1, 0.15) is 13.8 Å². The number of hydrogen-bond acceptors (Lipinski definition) is 3. The fraction of sp³-hybridized carbons (Fsp3) is 0.400. The van der Waals surface area contributed by atoms with Gasteiger partial charge in [0.25, 0.3) is 0 Å². The van der Waals surface area contributed by atoms with Gasteiger partial charge in [-0.15, -0.1) is 0 Å². The molecule has 4 heteroatoms. The van der Waals surface area contributed by atoms with Crippen LogP contribution in [0, 0.1) is 11.1 Å². The van der Waals surface area contributed by atoms with E-state index in [9.17, 15) is 10.0 Å². The van der Waals surface area contributed by atoms with Crippen LogP contribution in [0.4, 0.5) is 0 Å². The standard InChI is InChI=1S/C10H13NO3/c1-7(2)11(14)6-8-3-4-9(12)5-10(8)13/h3-8,12H,1-2H3/b11-6+. The third-order valence-corrected chi connectivity index (χ3v) is 1.91. The molecule has 1 aliphatic carbocycles. The van der Waals surface area contributed by atoms with Crippen LogP contribution in [0.3, 0.4) is 0 Å². The molecule has 0 aromatic heterocycles. The van der Waals surface area contributed by atoms with Gasteiger partial charge in [0.2, 0.25) is 0 Å². The van der Waals surface area contributed by atoms with Crippen LogP contribution in [0.15, 0.2) is 24.0 Å². The van der Waals surface area contributed by atoms with E-state index in [2.05, 4.69) is 0 Å². The molecule has 1 rings (SSSR count). The normalized spacial score (nSPS) is 22.8. The van der Waals surface area contributed by atoms with E-state index in [1.807, 2.05) is 0 Å². The lowest BCUT2D eigenvalue weighted by Gasteiger charge is -2.11. The first kappa shape index (κ1) is 10.5. The highest BCUT2D eigenvalue weighted by Crippen LogP contribution is 2.09. The number of allylic oxidation sites excluding steroid dienone is 3. The summed E-state index contributed by atoms with van der Waals surface area (Å²) in [6.07, 6.45) is 5.35. The van der Waals surface area contributed by atoms with Crippen molar-refractivity contribution in [3.8, 4) is 0 Å². The van der Waals surface area contributed by atoms with Gasteiger partial charge in [-0.05, 0) is 19.9 Å². The predicted molar refractivity (Wildman–Crippen MR) is 53.2 cm³/mol. The van der Waals surface area contributed by atoms with Crippen molar-refractivity contribution in [3.05, 3.63) is 29.2 Å². The molecule has 0 spiro atoms. The van der Waals surface area contributed by atoms with Crippen molar-refractivity contribution in [1.29, 1.82) is 0 Å². The first-order valence-electron chi connectivity index (χ1n) is 4.44. The Morgan fingerprint density at radius 3 is 2.79 bits per heavy atom. The summed E-state index contributed by atoms with van der Waals surface area (Å²) < 4.78 is 0.739. The second-order valence-electron chi connectivity index (χ2n) is 3.46. The predicted octanol–water partition coefficient (Wildman–Crippen LogP) is 1.17. The van der Waals surface area contributed by atoms with E-state index in [0.29, 0.717) is 0 Å². The second-order valence-corrected chi connectivity index (χ2v) is 3.46. The van der Waals surface area contributed by atoms with Crippen molar-refractivity contribution < 1.29 is 14.6 Å². The Labute approximate surface area is 82.4 Å². The minimum Gasteiger partial charge on any atom is -0.624 e. The smallest absolute Gasteiger partial charge is 0.176 e. The maximum absolute atomic E-state index is 11.3. The SMILES string of the molecule is CC(C)/[N+]([O-])=C\C1C=CC(O)=CC1=O. The monoisotopic (exact) mass is 195 g/mol. The van der Waals surface area contributed by atoms with Gasteiger partial charge < -0.3 is 10.3 Å². The molecule has 0 radical (unpaired) electrons. The molecule has 0 aromatic carbocycles. The number of hydrogen-bond donors (Lipinski definition) is 1. The van der Waals surface area contributed by atoms with Gasteiger partial charge in [0.15, 0.2) is 18.0 Å². The minimum atomic E-state index is -0.550. The summed E-state index contributed by atoms with van der Waals surface area (Å²) in [5.74, 6) is -0.890. The van der Waals surface area contributed by atoms with Crippen LogP contribution < -0.4 is 0 Å². The molecule has 0 aliphatic heterocycles. The maximum Gasteiger partial charge on any atom is 0.176 e. The first-order valence-corrected chi connectivity index (χ1v) is 4.44. The number of rotatable bonds is 2. The fourth-order valence-electron chi connectivity index (χ4n) is 1.04. The third-order valence-electron chi connectivity index (χ3n) is 1.91. The van der Waals surface area contributed by atoms with E-state index in [4.69, 9.17) is 5.11 Å². The molecule has 76 valence electrons. The van der Waals surface area contributed by atoms with E-state index >= 15 is 0 Å². The Hall–Kier alpha value is -1.58. The van der Waals surface area contributed by atoms with Crippen molar-refractivity contribution in [2.24, 2.45) is 5.92 Å². The van der Waals surface area contributed by atoms with E-state index in [1.165, 1.54) is 18.4 Å². The molecule has 0 amide bonds. The molecular weight excluding hydrogens is 182 g/mol. The lowest BCUT2D eigenvalue weighted by atomic mass is 10.00. The Balaban J connectivity index is 2.79. The molecule has 14 heavy (non-hydrogen) atoms. The van der Waals surface area contributed by atoms with Crippen LogP contribution in [-0.2, 0) is 4.79 Å². The van der Waals surface area contributed by atoms with Gasteiger partial charge in [0.1, 0.15) is 11.7 Å². The quantitative estimate of drug-likeness (QED) is 0.311. The molecule has 1 aliphatic rings. The molecule has 1 N–H and O–H groups in total. The first-order chi connectivity index (χ1) is 6.50. The topological polar surface area (TPSA) is 63.4 Å². The molecule has 0 aromatic rings. The number of hydroxylamine groups is 1. The highest BCUT2D eigenvalue weighted by Gasteiger charge is 2.19. The van der Waals surface area contributed by atoms with Crippen LogP contribution in [0.25, 0.3) is 0 Å². The van der Waals surface area contributed by atoms with E-state index < -0.39 is 5.92 Å². The van der Waals surface area contributed by atoms with Gasteiger partial charge in [-0.1, -0.05) is 6.08 Å². The minimum absolute atomic E-state index is 0.0679. The number of ketones is 1. The van der Waals surface area contributed by atoms with Gasteiger partial charge in [-0.3, -0.25) is 4.79 Å². The maximum atomic E-state index is 11.3. The number of aliphatic hydroxyl groups excluding tert-OH is 1. The van der Waals surface area contributed by atoms with Crippen LogP contribution in [0.5, 0.6) is 0 Å². The number of aliphatic hydroxyl groups is 1. The molecule has 0 saturated heterocycles. The zero-order valence-corrected chi connectivity index (χ0v) is 8.18. The van der Waals surface area contributed by atoms with Gasteiger partial charge in [0.05, 0.1) is 0 Å². The van der Waals surface area contributed by atoms with E-state index in [1.54, 1.807) is 13.8 Å². The second kappa shape index (κ2) is 4.09. The summed E-state index contributed by atoms with van der Waals surface area (Å²) >= 11 is 0. The number of nitrogens with zero attached hydrogens (tertiary/aromatic N) is 1. The molecule has 1 unspecified atom stereocenters. The summed E-state index contributed by atoms with van der Waals surface area (Å²) in [7, 11) is 0. The molecule has 0 fully saturated rings. The van der Waals surface area contributed by atoms with E-state index in [-0.39, 0.29) is 17.6 Å². The lowest BCUT2D eigenvalue weighted by molar-refractivity contribution is -0.489. The highest BCUT2D eigenvalue weighted by atomic mass is 16.5. The number of carbonyl (C=O) groups is 1. The molecular formula is C10H13NO3. The van der Waals surface area contributed by atoms with Crippen molar-refractivity contribution in [1.82, 2.24) is 0 Å². The zero-order valence-electron chi connectivity index (χ0n) is 8.18. The van der Waals surface area contributed by atoms with Crippen molar-refractivity contribution >= 4 is 12.0 Å². The molecule has 1 atom stereocenters. The lowest BCUT2D eigenvalue weighted by Crippen LogP contribution is -2.23. The number of carbonyl (C=O) groups excluding carboxylic acids is 1. The van der Waals surface area contributed by atoms with Gasteiger partial charge in [0, 0.05) is 6.08 Å². The largest absolute Gasteiger partial charge is 0.624 e. The zero-order chi connectivity index (χ0) is 10.7. The fourth-order valence-corrected chi connectivity index (χ4v) is 1.04. The average Bonchev–Trinajstić information content (AvgIpc) is 2.09. The Morgan fingerprint density at radius 2 is 2.29 bits per heavy atom. The summed E-state index contributed by atoms with van der Waals surface area (Å²) in [5, 5.41) is 20.2. The summed E-state index contributed by atoms with van der Waals surface area (Å²) in [5.41, 5.74) is 0. The highest BCUT2D eigenvalue weighted by molar-refractivity contribution is 6.04. The van der Waals surface area contributed by atoms with Crippen LogP contribution in [-0.4, -0.2) is 27.9 Å².